The van der Waals surface area contributed by atoms with Crippen LogP contribution in [0.3, 0.4) is 0 Å². The van der Waals surface area contributed by atoms with Crippen molar-refractivity contribution in [3.8, 4) is 5.88 Å². The van der Waals surface area contributed by atoms with E-state index in [-0.39, 0.29) is 6.61 Å². The highest BCUT2D eigenvalue weighted by atomic mass is 16.5. The Balaban J connectivity index is 2.44. The minimum atomic E-state index is -0.808. The number of ether oxygens (including phenoxy) is 1. The Labute approximate surface area is 72.0 Å². The molecule has 12 heavy (non-hydrogen) atoms. The van der Waals surface area contributed by atoms with Gasteiger partial charge in [-0.05, 0) is 19.9 Å². The molecule has 3 nitrogen and oxygen atoms in total. The molecule has 1 rings (SSSR count). The number of hydrogen-bond acceptors (Lipinski definition) is 3. The summed E-state index contributed by atoms with van der Waals surface area (Å²) in [4.78, 5) is 3.95. The van der Waals surface area contributed by atoms with Gasteiger partial charge in [0.25, 0.3) is 0 Å². The van der Waals surface area contributed by atoms with E-state index in [4.69, 9.17) is 4.74 Å². The zero-order valence-electron chi connectivity index (χ0n) is 7.32. The zero-order valence-corrected chi connectivity index (χ0v) is 7.32. The average molecular weight is 167 g/mol. The van der Waals surface area contributed by atoms with E-state index in [9.17, 15) is 5.11 Å². The molecule has 0 atom stereocenters. The summed E-state index contributed by atoms with van der Waals surface area (Å²) >= 11 is 0. The molecule has 0 aliphatic carbocycles. The van der Waals surface area contributed by atoms with E-state index in [1.165, 1.54) is 0 Å². The molecule has 1 aromatic rings. The molecule has 0 aliphatic rings. The van der Waals surface area contributed by atoms with Gasteiger partial charge >= 0.3 is 0 Å². The standard InChI is InChI=1S/C9H13NO2/c1-9(2,11)7-12-8-5-3-4-6-10-8/h3-6,11H,7H2,1-2H3. The number of pyridine rings is 1. The van der Waals surface area contributed by atoms with Crippen LogP contribution in [0.15, 0.2) is 24.4 Å². The Morgan fingerprint density at radius 2 is 2.25 bits per heavy atom. The summed E-state index contributed by atoms with van der Waals surface area (Å²) in [6.07, 6.45) is 1.65. The van der Waals surface area contributed by atoms with E-state index in [1.807, 2.05) is 12.1 Å². The van der Waals surface area contributed by atoms with Gasteiger partial charge in [0, 0.05) is 12.3 Å². The molecule has 0 amide bonds. The zero-order chi connectivity index (χ0) is 9.03. The third kappa shape index (κ3) is 3.34. The molecule has 0 aliphatic heterocycles. The van der Waals surface area contributed by atoms with Crippen molar-refractivity contribution in [2.75, 3.05) is 6.61 Å². The molecular weight excluding hydrogens is 154 g/mol. The number of aromatic nitrogens is 1. The second kappa shape index (κ2) is 3.54. The number of aliphatic hydroxyl groups is 1. The van der Waals surface area contributed by atoms with Gasteiger partial charge in [-0.3, -0.25) is 0 Å². The first-order valence-electron chi connectivity index (χ1n) is 3.84. The predicted octanol–water partition coefficient (Wildman–Crippen LogP) is 1.23. The molecule has 1 aromatic heterocycles. The van der Waals surface area contributed by atoms with Crippen molar-refractivity contribution in [3.63, 3.8) is 0 Å². The first-order chi connectivity index (χ1) is 5.58. The van der Waals surface area contributed by atoms with E-state index in [0.717, 1.165) is 0 Å². The second-order valence-electron chi connectivity index (χ2n) is 3.27. The van der Waals surface area contributed by atoms with Crippen LogP contribution in [0.1, 0.15) is 13.8 Å². The van der Waals surface area contributed by atoms with Crippen LogP contribution in [0.5, 0.6) is 5.88 Å². The highest BCUT2D eigenvalue weighted by Gasteiger charge is 2.13. The van der Waals surface area contributed by atoms with Crippen molar-refractivity contribution >= 4 is 0 Å². The van der Waals surface area contributed by atoms with Gasteiger partial charge in [-0.25, -0.2) is 4.98 Å². The molecule has 0 saturated carbocycles. The molecule has 1 N–H and O–H groups in total. The molecule has 0 bridgehead atoms. The molecule has 3 heteroatoms. The second-order valence-corrected chi connectivity index (χ2v) is 3.27. The van der Waals surface area contributed by atoms with Crippen LogP contribution in [-0.4, -0.2) is 22.3 Å². The molecule has 66 valence electrons. The van der Waals surface area contributed by atoms with Crippen molar-refractivity contribution in [2.24, 2.45) is 0 Å². The van der Waals surface area contributed by atoms with Crippen LogP contribution >= 0.6 is 0 Å². The molecule has 0 aromatic carbocycles. The SMILES string of the molecule is CC(C)(O)COc1ccccn1. The summed E-state index contributed by atoms with van der Waals surface area (Å²) in [6.45, 7) is 3.63. The van der Waals surface area contributed by atoms with Crippen LogP contribution in [0.2, 0.25) is 0 Å². The van der Waals surface area contributed by atoms with Crippen molar-refractivity contribution < 1.29 is 9.84 Å². The molecule has 1 heterocycles. The highest BCUT2D eigenvalue weighted by Crippen LogP contribution is 2.07. The maximum Gasteiger partial charge on any atom is 0.213 e. The van der Waals surface area contributed by atoms with Crippen LogP contribution in [0.25, 0.3) is 0 Å². The van der Waals surface area contributed by atoms with Gasteiger partial charge < -0.3 is 9.84 Å². The summed E-state index contributed by atoms with van der Waals surface area (Å²) in [5.41, 5.74) is -0.808. The van der Waals surface area contributed by atoms with Crippen LogP contribution in [0.4, 0.5) is 0 Å². The Morgan fingerprint density at radius 3 is 2.75 bits per heavy atom. The summed E-state index contributed by atoms with van der Waals surface area (Å²) in [5, 5.41) is 9.33. The fourth-order valence-electron chi connectivity index (χ4n) is 0.683. The van der Waals surface area contributed by atoms with Gasteiger partial charge in [0.2, 0.25) is 5.88 Å². The van der Waals surface area contributed by atoms with Crippen molar-refractivity contribution in [3.05, 3.63) is 24.4 Å². The quantitative estimate of drug-likeness (QED) is 0.736. The maximum absolute atomic E-state index is 9.33. The number of nitrogens with zero attached hydrogens (tertiary/aromatic N) is 1. The average Bonchev–Trinajstić information content (AvgIpc) is 2.02. The van der Waals surface area contributed by atoms with Crippen LogP contribution in [-0.2, 0) is 0 Å². The minimum Gasteiger partial charge on any atom is -0.475 e. The van der Waals surface area contributed by atoms with Crippen LogP contribution < -0.4 is 4.74 Å². The van der Waals surface area contributed by atoms with Gasteiger partial charge in [0.15, 0.2) is 0 Å². The number of hydrogen-bond donors (Lipinski definition) is 1. The first-order valence-corrected chi connectivity index (χ1v) is 3.84. The largest absolute Gasteiger partial charge is 0.475 e. The third-order valence-electron chi connectivity index (χ3n) is 1.21. The lowest BCUT2D eigenvalue weighted by atomic mass is 10.2. The Hall–Kier alpha value is -1.09. The predicted molar refractivity (Wildman–Crippen MR) is 46.0 cm³/mol. The van der Waals surface area contributed by atoms with Crippen molar-refractivity contribution in [1.29, 1.82) is 0 Å². The molecule has 0 spiro atoms. The van der Waals surface area contributed by atoms with Gasteiger partial charge in [0.05, 0.1) is 5.60 Å². The lowest BCUT2D eigenvalue weighted by Crippen LogP contribution is -2.28. The van der Waals surface area contributed by atoms with Crippen molar-refractivity contribution in [2.45, 2.75) is 19.4 Å². The normalized spacial score (nSPS) is 11.2. The fraction of sp³-hybridized carbons (Fsp3) is 0.444. The summed E-state index contributed by atoms with van der Waals surface area (Å²) in [7, 11) is 0. The summed E-state index contributed by atoms with van der Waals surface area (Å²) < 4.78 is 5.21. The monoisotopic (exact) mass is 167 g/mol. The highest BCUT2D eigenvalue weighted by molar-refractivity contribution is 5.09. The Bertz CT molecular complexity index is 228. The fourth-order valence-corrected chi connectivity index (χ4v) is 0.683. The van der Waals surface area contributed by atoms with E-state index in [2.05, 4.69) is 4.98 Å². The topological polar surface area (TPSA) is 42.4 Å². The summed E-state index contributed by atoms with van der Waals surface area (Å²) in [5.74, 6) is 0.541. The summed E-state index contributed by atoms with van der Waals surface area (Å²) in [6, 6.07) is 5.41. The van der Waals surface area contributed by atoms with Crippen molar-refractivity contribution in [1.82, 2.24) is 4.98 Å². The lowest BCUT2D eigenvalue weighted by molar-refractivity contribution is 0.0268. The minimum absolute atomic E-state index is 0.254. The van der Waals surface area contributed by atoms with Gasteiger partial charge in [-0.1, -0.05) is 6.07 Å². The van der Waals surface area contributed by atoms with E-state index >= 15 is 0 Å². The van der Waals surface area contributed by atoms with Gasteiger partial charge in [-0.15, -0.1) is 0 Å². The Morgan fingerprint density at radius 1 is 1.50 bits per heavy atom. The molecular formula is C9H13NO2. The van der Waals surface area contributed by atoms with Crippen LogP contribution in [0, 0.1) is 0 Å². The van der Waals surface area contributed by atoms with E-state index in [0.29, 0.717) is 5.88 Å². The van der Waals surface area contributed by atoms with Gasteiger partial charge in [-0.2, -0.15) is 0 Å². The Kier molecular flexibility index (Phi) is 2.65. The number of rotatable bonds is 3. The maximum atomic E-state index is 9.33. The molecule has 0 unspecified atom stereocenters. The van der Waals surface area contributed by atoms with Gasteiger partial charge in [0.1, 0.15) is 6.61 Å². The molecule has 0 saturated heterocycles. The van der Waals surface area contributed by atoms with E-state index < -0.39 is 5.60 Å². The first kappa shape index (κ1) is 9.00. The lowest BCUT2D eigenvalue weighted by Gasteiger charge is -2.16. The van der Waals surface area contributed by atoms with E-state index in [1.54, 1.807) is 26.1 Å². The smallest absolute Gasteiger partial charge is 0.213 e. The third-order valence-corrected chi connectivity index (χ3v) is 1.21. The molecule has 0 fully saturated rings. The molecule has 0 radical (unpaired) electrons.